The number of nitrogens with one attached hydrogen (secondary N) is 5. The summed E-state index contributed by atoms with van der Waals surface area (Å²) in [5.74, 6) is -5.47. The van der Waals surface area contributed by atoms with E-state index in [1.54, 1.807) is 10.8 Å². The molecule has 3 unspecified atom stereocenters. The molecule has 0 saturated carbocycles. The van der Waals surface area contributed by atoms with Crippen LogP contribution in [0.3, 0.4) is 0 Å². The fraction of sp³-hybridized carbons (Fsp3) is 0.367. The number of nitrogens with two attached hydrogens (primary N) is 2. The molecule has 0 saturated heterocycles. The van der Waals surface area contributed by atoms with E-state index in [2.05, 4.69) is 26.6 Å². The van der Waals surface area contributed by atoms with Crippen LogP contribution in [0.25, 0.3) is 11.3 Å². The number of carbonyl (C=O) groups excluding carboxylic acids is 8. The number of carbonyl (C=O) groups is 8. The lowest BCUT2D eigenvalue weighted by molar-refractivity contribution is -0.140. The zero-order valence-corrected chi connectivity index (χ0v) is 39.7. The molecular formula is C49H59F2N11O9. The first-order valence-electron chi connectivity index (χ1n) is 22.8. The van der Waals surface area contributed by atoms with Gasteiger partial charge in [0.1, 0.15) is 36.1 Å². The summed E-state index contributed by atoms with van der Waals surface area (Å²) < 4.78 is 31.2. The van der Waals surface area contributed by atoms with Crippen LogP contribution in [0, 0.1) is 17.0 Å². The predicted molar refractivity (Wildman–Crippen MR) is 257 cm³/mol. The van der Waals surface area contributed by atoms with Crippen molar-refractivity contribution in [1.82, 2.24) is 35.7 Å². The highest BCUT2D eigenvalue weighted by Crippen LogP contribution is 2.39. The van der Waals surface area contributed by atoms with Gasteiger partial charge in [0, 0.05) is 62.2 Å². The Balaban J connectivity index is 1.18. The topological polar surface area (TPSA) is 293 Å². The zero-order valence-electron chi connectivity index (χ0n) is 39.7. The van der Waals surface area contributed by atoms with E-state index in [0.29, 0.717) is 5.82 Å². The minimum Gasteiger partial charge on any atom is -0.387 e. The Morgan fingerprint density at radius 3 is 2.15 bits per heavy atom. The Bertz CT molecular complexity index is 2600. The lowest BCUT2D eigenvalue weighted by atomic mass is 9.84. The van der Waals surface area contributed by atoms with Gasteiger partial charge in [-0.2, -0.15) is 0 Å². The first kappa shape index (κ1) is 54.1. The molecule has 378 valence electrons. The minimum atomic E-state index is -1.20. The maximum Gasteiger partial charge on any atom is 0.312 e. The molecule has 4 atom stereocenters. The summed E-state index contributed by atoms with van der Waals surface area (Å²) in [6, 6.07) is 13.0. The summed E-state index contributed by atoms with van der Waals surface area (Å²) in [6.07, 6.45) is 3.73. The molecule has 2 heterocycles. The molecule has 71 heavy (non-hydrogen) atoms. The third kappa shape index (κ3) is 15.1. The van der Waals surface area contributed by atoms with E-state index >= 15 is 4.39 Å². The van der Waals surface area contributed by atoms with E-state index in [1.807, 2.05) is 51.1 Å². The van der Waals surface area contributed by atoms with Crippen LogP contribution in [-0.4, -0.2) is 111 Å². The Kier molecular flexibility index (Phi) is 18.8. The third-order valence-corrected chi connectivity index (χ3v) is 11.3. The van der Waals surface area contributed by atoms with E-state index < -0.39 is 95.2 Å². The van der Waals surface area contributed by atoms with Gasteiger partial charge < -0.3 is 52.6 Å². The number of aliphatic hydroxyl groups is 1. The molecule has 10 N–H and O–H groups in total. The molecule has 0 fully saturated rings. The van der Waals surface area contributed by atoms with Crippen molar-refractivity contribution in [2.24, 2.45) is 16.9 Å². The molecule has 0 bridgehead atoms. The summed E-state index contributed by atoms with van der Waals surface area (Å²) >= 11 is 0. The number of hydrogen-bond acceptors (Lipinski definition) is 11. The summed E-state index contributed by atoms with van der Waals surface area (Å²) in [7, 11) is 0. The lowest BCUT2D eigenvalue weighted by Crippen LogP contribution is -2.52. The second-order valence-electron chi connectivity index (χ2n) is 17.8. The van der Waals surface area contributed by atoms with Crippen LogP contribution in [0.1, 0.15) is 70.8 Å². The molecule has 4 aromatic rings. The van der Waals surface area contributed by atoms with Crippen LogP contribution in [-0.2, 0) is 40.1 Å². The average molecular weight is 984 g/mol. The number of aliphatic hydroxyl groups excluding tert-OH is 1. The monoisotopic (exact) mass is 983 g/mol. The molecule has 1 aliphatic heterocycles. The SMILES string of the molecule is CC(NC(=O)CCNC(=O)C(N)CCN(C(=O)CO)C(c1nc(-c2cc(F)ccc2F)cn1Cc1ccccc1)C(C)(C)C)C(=O)N[C@@H](CCCNC(N)=O)C(=O)Nc1ccc(N2C(=O)C=CC2=O)cc1. The van der Waals surface area contributed by atoms with Gasteiger partial charge in [-0.3, -0.25) is 33.6 Å². The molecule has 1 aromatic heterocycles. The van der Waals surface area contributed by atoms with Crippen molar-refractivity contribution >= 4 is 58.8 Å². The number of halogens is 2. The van der Waals surface area contributed by atoms with E-state index in [0.717, 1.165) is 40.8 Å². The maximum absolute atomic E-state index is 15.1. The van der Waals surface area contributed by atoms with Crippen LogP contribution in [0.15, 0.2) is 91.1 Å². The molecule has 5 rings (SSSR count). The number of rotatable bonds is 23. The van der Waals surface area contributed by atoms with Gasteiger partial charge in [-0.15, -0.1) is 0 Å². The van der Waals surface area contributed by atoms with E-state index in [-0.39, 0.29) is 74.5 Å². The summed E-state index contributed by atoms with van der Waals surface area (Å²) in [5.41, 5.74) is 12.1. The minimum absolute atomic E-state index is 0.0471. The molecule has 22 heteroatoms. The number of nitrogens with zero attached hydrogens (tertiary/aromatic N) is 4. The molecule has 0 spiro atoms. The molecule has 20 nitrogen and oxygen atoms in total. The summed E-state index contributed by atoms with van der Waals surface area (Å²) in [4.78, 5) is 109. The first-order chi connectivity index (χ1) is 33.7. The largest absolute Gasteiger partial charge is 0.387 e. The fourth-order valence-electron chi connectivity index (χ4n) is 7.74. The van der Waals surface area contributed by atoms with Gasteiger partial charge in [0.25, 0.3) is 11.8 Å². The Morgan fingerprint density at radius 2 is 1.52 bits per heavy atom. The highest BCUT2D eigenvalue weighted by molar-refractivity contribution is 6.28. The number of amides is 9. The number of urea groups is 1. The number of hydrogen-bond donors (Lipinski definition) is 8. The number of aromatic nitrogens is 2. The molecule has 1 aliphatic rings. The van der Waals surface area contributed by atoms with Gasteiger partial charge in [0.2, 0.25) is 29.5 Å². The highest BCUT2D eigenvalue weighted by atomic mass is 19.1. The van der Waals surface area contributed by atoms with Crippen LogP contribution in [0.2, 0.25) is 0 Å². The molecule has 9 amide bonds. The summed E-state index contributed by atoms with van der Waals surface area (Å²) in [6.45, 7) is 6.03. The van der Waals surface area contributed by atoms with E-state index in [9.17, 15) is 47.9 Å². The molecular weight excluding hydrogens is 925 g/mol. The fourth-order valence-corrected chi connectivity index (χ4v) is 7.74. The van der Waals surface area contributed by atoms with Crippen molar-refractivity contribution in [2.45, 2.75) is 84.1 Å². The highest BCUT2D eigenvalue weighted by Gasteiger charge is 2.39. The van der Waals surface area contributed by atoms with Gasteiger partial charge in [-0.1, -0.05) is 51.1 Å². The second kappa shape index (κ2) is 24.6. The van der Waals surface area contributed by atoms with Crippen LogP contribution >= 0.6 is 0 Å². The predicted octanol–water partition coefficient (Wildman–Crippen LogP) is 2.51. The van der Waals surface area contributed by atoms with Gasteiger partial charge in [0.05, 0.1) is 23.5 Å². The third-order valence-electron chi connectivity index (χ3n) is 11.3. The van der Waals surface area contributed by atoms with Crippen molar-refractivity contribution in [3.63, 3.8) is 0 Å². The van der Waals surface area contributed by atoms with Crippen LogP contribution in [0.5, 0.6) is 0 Å². The van der Waals surface area contributed by atoms with Gasteiger partial charge >= 0.3 is 6.03 Å². The Labute approximate surface area is 408 Å². The van der Waals surface area contributed by atoms with Gasteiger partial charge in [0.15, 0.2) is 0 Å². The normalized spacial score (nSPS) is 14.0. The quantitative estimate of drug-likeness (QED) is 0.0395. The number of imidazole rings is 1. The molecule has 0 radical (unpaired) electrons. The Morgan fingerprint density at radius 1 is 0.845 bits per heavy atom. The van der Waals surface area contributed by atoms with Crippen LogP contribution in [0.4, 0.5) is 25.0 Å². The van der Waals surface area contributed by atoms with E-state index in [1.165, 1.54) is 36.1 Å². The van der Waals surface area contributed by atoms with Crippen LogP contribution < -0.4 is 43.0 Å². The zero-order chi connectivity index (χ0) is 52.0. The van der Waals surface area contributed by atoms with Crippen molar-refractivity contribution in [3.8, 4) is 11.3 Å². The van der Waals surface area contributed by atoms with Crippen molar-refractivity contribution < 1.29 is 52.2 Å². The standard InChI is InChI=1S/C49H59F2N11O9/c1-29(45(68)59-37(11-8-22-55-48(53)71)47(70)57-32-13-15-33(16-14-32)62-40(65)18-19-41(62)66)56-39(64)20-23-54-46(69)36(52)21-24-61(42(67)28-63)43(49(2,3)4)44-58-38(34-25-31(50)12-17-35(34)51)27-60(44)26-30-9-6-5-7-10-30/h5-7,9-10,12-19,25,27,29,36-37,43,63H,8,11,20-24,26,28,52H2,1-4H3,(H,54,69)(H,56,64)(H,57,70)(H,59,68)(H3,53,55,71)/t29?,36?,37-,43?/m0/s1. The second-order valence-corrected chi connectivity index (χ2v) is 17.8. The van der Waals surface area contributed by atoms with E-state index in [4.69, 9.17) is 16.5 Å². The first-order valence-corrected chi connectivity index (χ1v) is 22.8. The van der Waals surface area contributed by atoms with Crippen molar-refractivity contribution in [3.05, 3.63) is 114 Å². The van der Waals surface area contributed by atoms with Crippen molar-refractivity contribution in [1.29, 1.82) is 0 Å². The Hall–Kier alpha value is -7.85. The molecule has 3 aromatic carbocycles. The number of imide groups is 1. The lowest BCUT2D eigenvalue weighted by Gasteiger charge is -2.40. The number of anilines is 2. The molecule has 0 aliphatic carbocycles. The summed E-state index contributed by atoms with van der Waals surface area (Å²) in [5, 5.41) is 22.9. The smallest absolute Gasteiger partial charge is 0.312 e. The average Bonchev–Trinajstić information content (AvgIpc) is 3.89. The van der Waals surface area contributed by atoms with Gasteiger partial charge in [-0.05, 0) is 79.6 Å². The number of primary amides is 1. The van der Waals surface area contributed by atoms with Gasteiger partial charge in [-0.25, -0.2) is 23.5 Å². The van der Waals surface area contributed by atoms with Crippen molar-refractivity contribution in [2.75, 3.05) is 36.5 Å². The number of benzene rings is 3. The maximum atomic E-state index is 15.1.